The molecule has 4 aliphatic heterocycles. The zero-order valence-corrected chi connectivity index (χ0v) is 64.3. The molecule has 0 spiro atoms. The second kappa shape index (κ2) is 52.6. The lowest BCUT2D eigenvalue weighted by molar-refractivity contribution is -0.388. The standard InChI is InChI=1S/C76H137N3O29/c1-5-7-9-11-13-15-17-19-20-21-22-23-24-25-26-28-30-32-34-36-38-40-58(90)79-50(51(86)39-37-35-33-31-29-27-18-16-14-12-10-8-6-2)47-101-71-65(95)64(94)67(57(46-83)103-71)104-72-66(96)70(62(92)55(44-81)102-72)108-76(74(99)100)42-53(88)60(78-49(4)85)69(107-76)63(93)56(45-82)105-75(73(97)98)41-52(87)59(77-48(3)84)68(106-75)61(91)54(89)43-80/h37,39,50-57,59-72,80-83,86-89,91-96H,5-36,38,40-47H2,1-4H3,(H,77,84)(H,78,85)(H,79,90)(H,97,98)(H,99,100)/b39-37+/t50-,51+,52-,53-,54+,55+,56+,57+,59+,60+,61+,62-,63+,64+,65?,66+,67+,68?,69?,70-,71+,72-,75+,76-/m0/s1. The van der Waals surface area contributed by atoms with Gasteiger partial charge in [-0.1, -0.05) is 219 Å². The summed E-state index contributed by atoms with van der Waals surface area (Å²) < 4.78 is 46.5. The highest BCUT2D eigenvalue weighted by atomic mass is 16.8. The highest BCUT2D eigenvalue weighted by molar-refractivity contribution is 5.78. The van der Waals surface area contributed by atoms with Crippen molar-refractivity contribution in [3.8, 4) is 0 Å². The van der Waals surface area contributed by atoms with Gasteiger partial charge in [0.15, 0.2) is 12.6 Å². The molecule has 19 N–H and O–H groups in total. The number of aliphatic hydroxyl groups is 14. The maximum absolute atomic E-state index is 13.6. The summed E-state index contributed by atoms with van der Waals surface area (Å²) in [6.45, 7) is 1.14. The fraction of sp³-hybridized carbons (Fsp3) is 0.908. The predicted molar refractivity (Wildman–Crippen MR) is 391 cm³/mol. The lowest BCUT2D eigenvalue weighted by atomic mass is 9.87. The highest BCUT2D eigenvalue weighted by Gasteiger charge is 2.62. The van der Waals surface area contributed by atoms with E-state index >= 15 is 0 Å². The molecule has 0 radical (unpaired) electrons. The molecule has 630 valence electrons. The van der Waals surface area contributed by atoms with Gasteiger partial charge in [-0.2, -0.15) is 0 Å². The van der Waals surface area contributed by atoms with Gasteiger partial charge in [0.1, 0.15) is 85.5 Å². The number of carboxylic acids is 2. The Kier molecular flexibility index (Phi) is 47.0. The van der Waals surface area contributed by atoms with Gasteiger partial charge in [-0.05, 0) is 19.3 Å². The van der Waals surface area contributed by atoms with Gasteiger partial charge in [-0.3, -0.25) is 14.4 Å². The van der Waals surface area contributed by atoms with Crippen LogP contribution < -0.4 is 16.0 Å². The molecule has 108 heavy (non-hydrogen) atoms. The molecule has 4 fully saturated rings. The number of carbonyl (C=O) groups excluding carboxylic acids is 3. The molecule has 32 nitrogen and oxygen atoms in total. The number of unbranched alkanes of at least 4 members (excludes halogenated alkanes) is 31. The molecule has 4 heterocycles. The third kappa shape index (κ3) is 31.9. The van der Waals surface area contributed by atoms with Crippen molar-refractivity contribution in [2.75, 3.05) is 33.0 Å². The van der Waals surface area contributed by atoms with Crippen molar-refractivity contribution in [3.63, 3.8) is 0 Å². The molecule has 0 saturated carbocycles. The number of hydrogen-bond donors (Lipinski definition) is 19. The van der Waals surface area contributed by atoms with Crippen molar-refractivity contribution in [3.05, 3.63) is 12.2 Å². The van der Waals surface area contributed by atoms with Crippen LogP contribution in [0.25, 0.3) is 0 Å². The Labute approximate surface area is 636 Å². The van der Waals surface area contributed by atoms with E-state index < -0.39 is 216 Å². The van der Waals surface area contributed by atoms with Crippen LogP contribution in [0.3, 0.4) is 0 Å². The number of ether oxygens (including phenoxy) is 8. The number of hydrogen-bond acceptors (Lipinski definition) is 27. The first kappa shape index (κ1) is 96.6. The molecule has 4 saturated heterocycles. The minimum atomic E-state index is -3.39. The van der Waals surface area contributed by atoms with Crippen LogP contribution >= 0.6 is 0 Å². The number of carboxylic acid groups (broad SMARTS) is 2. The summed E-state index contributed by atoms with van der Waals surface area (Å²) in [5.41, 5.74) is 0. The fourth-order valence-corrected chi connectivity index (χ4v) is 14.6. The van der Waals surface area contributed by atoms with Crippen molar-refractivity contribution in [1.29, 1.82) is 0 Å². The van der Waals surface area contributed by atoms with Crippen LogP contribution in [-0.4, -0.2) is 290 Å². The Bertz CT molecular complexity index is 2510. The molecule has 3 amide bonds. The molecule has 3 unspecified atom stereocenters. The monoisotopic (exact) mass is 1560 g/mol. The lowest BCUT2D eigenvalue weighted by Crippen LogP contribution is -2.72. The summed E-state index contributed by atoms with van der Waals surface area (Å²) in [6.07, 6.45) is -0.0209. The van der Waals surface area contributed by atoms with Crippen molar-refractivity contribution >= 4 is 29.7 Å². The molecule has 0 aliphatic carbocycles. The van der Waals surface area contributed by atoms with Gasteiger partial charge in [0.05, 0.1) is 69.5 Å². The van der Waals surface area contributed by atoms with Gasteiger partial charge < -0.3 is 136 Å². The average Bonchev–Trinajstić information content (AvgIpc) is 0.752. The first-order valence-electron chi connectivity index (χ1n) is 40.2. The molecule has 0 bridgehead atoms. The van der Waals surface area contributed by atoms with Gasteiger partial charge in [0, 0.05) is 33.1 Å². The molecule has 0 aromatic carbocycles. The largest absolute Gasteiger partial charge is 0.477 e. The summed E-state index contributed by atoms with van der Waals surface area (Å²) in [7, 11) is 0. The number of carbonyl (C=O) groups is 5. The van der Waals surface area contributed by atoms with E-state index in [1.807, 2.05) is 6.08 Å². The van der Waals surface area contributed by atoms with Crippen molar-refractivity contribution < 1.29 is 144 Å². The Morgan fingerprint density at radius 1 is 0.500 bits per heavy atom. The third-order valence-corrected chi connectivity index (χ3v) is 21.0. The number of allylic oxidation sites excluding steroid dienone is 1. The van der Waals surface area contributed by atoms with E-state index in [9.17, 15) is 106 Å². The van der Waals surface area contributed by atoms with Gasteiger partial charge in [0.2, 0.25) is 17.7 Å². The molecule has 4 rings (SSSR count). The molecule has 0 aromatic heterocycles. The first-order valence-corrected chi connectivity index (χ1v) is 40.2. The topological polar surface area (TPSA) is 519 Å². The van der Waals surface area contributed by atoms with E-state index in [1.54, 1.807) is 6.08 Å². The first-order chi connectivity index (χ1) is 51.7. The summed E-state index contributed by atoms with van der Waals surface area (Å²) in [4.78, 5) is 65.1. The van der Waals surface area contributed by atoms with Crippen LogP contribution in [-0.2, 0) is 61.9 Å². The molecule has 32 heteroatoms. The van der Waals surface area contributed by atoms with Crippen LogP contribution in [0.5, 0.6) is 0 Å². The summed E-state index contributed by atoms with van der Waals surface area (Å²) in [5, 5.41) is 185. The Balaban J connectivity index is 1.44. The summed E-state index contributed by atoms with van der Waals surface area (Å²) >= 11 is 0. The number of aliphatic hydroxyl groups excluding tert-OH is 14. The van der Waals surface area contributed by atoms with Crippen molar-refractivity contribution in [2.45, 2.75) is 405 Å². The van der Waals surface area contributed by atoms with Crippen LogP contribution in [0.4, 0.5) is 0 Å². The second-order valence-corrected chi connectivity index (χ2v) is 30.0. The van der Waals surface area contributed by atoms with E-state index in [-0.39, 0.29) is 12.3 Å². The molecular formula is C76H137N3O29. The SMILES string of the molecule is CCCCCCCCCCCCC/C=C/[C@@H](O)[C@H](CO[C@@H]1O[C@H](CO)[C@@H](O[C@@H]2O[C@H](CO)[C@H](O)[C@H](O[C@]3(C(=O)O)C[C@H](O)[C@@H](NC(C)=O)C([C@H](O)[C@@H](CO)O[C@]4(C(=O)O)C[C@H](O)[C@@H](NC(C)=O)C([C@H](O)[C@H](O)CO)O4)O3)[C@H]2O)[C@H](O)C1O)NC(=O)CCCCCCCCCCCCCCCCCCCCCCC. The minimum Gasteiger partial charge on any atom is -0.477 e. The van der Waals surface area contributed by atoms with Crippen LogP contribution in [0, 0.1) is 0 Å². The van der Waals surface area contributed by atoms with E-state index in [2.05, 4.69) is 29.8 Å². The number of amides is 3. The lowest BCUT2D eigenvalue weighted by Gasteiger charge is -2.51. The summed E-state index contributed by atoms with van der Waals surface area (Å²) in [6, 6.07) is -4.73. The average molecular weight is 1560 g/mol. The Morgan fingerprint density at radius 2 is 0.926 bits per heavy atom. The maximum atomic E-state index is 13.6. The normalized spacial score (nSPS) is 30.6. The highest BCUT2D eigenvalue weighted by Crippen LogP contribution is 2.41. The van der Waals surface area contributed by atoms with Gasteiger partial charge in [0.25, 0.3) is 11.6 Å². The third-order valence-electron chi connectivity index (χ3n) is 21.0. The van der Waals surface area contributed by atoms with Gasteiger partial charge >= 0.3 is 11.9 Å². The fourth-order valence-electron chi connectivity index (χ4n) is 14.6. The predicted octanol–water partition coefficient (Wildman–Crippen LogP) is 2.68. The van der Waals surface area contributed by atoms with E-state index in [0.29, 0.717) is 12.8 Å². The Hall–Kier alpha value is -3.79. The number of aliphatic carboxylic acids is 2. The summed E-state index contributed by atoms with van der Waals surface area (Å²) in [5.74, 6) is -13.1. The number of rotatable bonds is 58. The maximum Gasteiger partial charge on any atom is 0.364 e. The van der Waals surface area contributed by atoms with E-state index in [0.717, 1.165) is 65.2 Å². The molecule has 24 atom stereocenters. The van der Waals surface area contributed by atoms with Crippen LogP contribution in [0.2, 0.25) is 0 Å². The second-order valence-electron chi connectivity index (χ2n) is 30.0. The molecule has 4 aliphatic rings. The van der Waals surface area contributed by atoms with Crippen molar-refractivity contribution in [2.24, 2.45) is 0 Å². The van der Waals surface area contributed by atoms with Crippen molar-refractivity contribution in [1.82, 2.24) is 16.0 Å². The van der Waals surface area contributed by atoms with Crippen LogP contribution in [0.1, 0.15) is 259 Å². The minimum absolute atomic E-state index is 0.156. The van der Waals surface area contributed by atoms with E-state index in [1.165, 1.54) is 148 Å². The number of nitrogens with one attached hydrogen (secondary N) is 3. The van der Waals surface area contributed by atoms with Crippen LogP contribution in [0.15, 0.2) is 12.2 Å². The Morgan fingerprint density at radius 3 is 1.36 bits per heavy atom. The van der Waals surface area contributed by atoms with Gasteiger partial charge in [-0.25, -0.2) is 9.59 Å². The van der Waals surface area contributed by atoms with E-state index in [4.69, 9.17) is 37.9 Å². The smallest absolute Gasteiger partial charge is 0.364 e. The zero-order chi connectivity index (χ0) is 79.8. The molecular weight excluding hydrogens is 1420 g/mol. The molecule has 0 aromatic rings. The zero-order valence-electron chi connectivity index (χ0n) is 64.3. The quantitative estimate of drug-likeness (QED) is 0.0307. The van der Waals surface area contributed by atoms with Gasteiger partial charge in [-0.15, -0.1) is 0 Å².